The van der Waals surface area contributed by atoms with Gasteiger partial charge in [0.1, 0.15) is 0 Å². The third-order valence-electron chi connectivity index (χ3n) is 2.48. The van der Waals surface area contributed by atoms with Crippen LogP contribution in [0.4, 0.5) is 4.39 Å². The molecule has 0 saturated heterocycles. The molecule has 1 aromatic carbocycles. The SMILES string of the molecule is CCc1ccc2c(c1)C(=O)C(F)=CC2=O. The Morgan fingerprint density at radius 2 is 1.93 bits per heavy atom. The Morgan fingerprint density at radius 3 is 2.60 bits per heavy atom. The van der Waals surface area contributed by atoms with Crippen molar-refractivity contribution >= 4 is 11.6 Å². The van der Waals surface area contributed by atoms with Gasteiger partial charge < -0.3 is 0 Å². The number of Topliss-reactive ketones (excluding diaryl/α,β-unsaturated/α-hetero) is 1. The van der Waals surface area contributed by atoms with Crippen LogP contribution >= 0.6 is 0 Å². The van der Waals surface area contributed by atoms with E-state index in [0.29, 0.717) is 5.56 Å². The minimum Gasteiger partial charge on any atom is -0.289 e. The van der Waals surface area contributed by atoms with Gasteiger partial charge in [-0.1, -0.05) is 19.1 Å². The smallest absolute Gasteiger partial charge is 0.222 e. The Hall–Kier alpha value is -1.77. The molecule has 1 aliphatic carbocycles. The van der Waals surface area contributed by atoms with Crippen LogP contribution < -0.4 is 0 Å². The molecule has 1 aromatic rings. The van der Waals surface area contributed by atoms with Gasteiger partial charge in [0.25, 0.3) is 0 Å². The number of hydrogen-bond acceptors (Lipinski definition) is 2. The molecule has 3 heteroatoms. The molecule has 0 fully saturated rings. The summed E-state index contributed by atoms with van der Waals surface area (Å²) < 4.78 is 13.0. The highest BCUT2D eigenvalue weighted by Crippen LogP contribution is 2.23. The second-order valence-electron chi connectivity index (χ2n) is 3.42. The van der Waals surface area contributed by atoms with E-state index in [1.165, 1.54) is 0 Å². The van der Waals surface area contributed by atoms with Gasteiger partial charge in [0.15, 0.2) is 11.6 Å². The summed E-state index contributed by atoms with van der Waals surface area (Å²) in [6, 6.07) is 4.95. The first kappa shape index (κ1) is 9.77. The van der Waals surface area contributed by atoms with Gasteiger partial charge >= 0.3 is 0 Å². The summed E-state index contributed by atoms with van der Waals surface area (Å²) >= 11 is 0. The maximum Gasteiger partial charge on any atom is 0.222 e. The van der Waals surface area contributed by atoms with Crippen LogP contribution in [0.3, 0.4) is 0 Å². The van der Waals surface area contributed by atoms with Crippen LogP contribution in [-0.2, 0) is 6.42 Å². The lowest BCUT2D eigenvalue weighted by Crippen LogP contribution is -2.15. The molecule has 2 nitrogen and oxygen atoms in total. The maximum absolute atomic E-state index is 13.0. The van der Waals surface area contributed by atoms with Crippen molar-refractivity contribution < 1.29 is 14.0 Å². The predicted octanol–water partition coefficient (Wildman–Crippen LogP) is 2.48. The summed E-state index contributed by atoms with van der Waals surface area (Å²) in [5.41, 5.74) is 1.39. The lowest BCUT2D eigenvalue weighted by molar-refractivity contribution is 0.0963. The van der Waals surface area contributed by atoms with Gasteiger partial charge in [-0.15, -0.1) is 0 Å². The third-order valence-corrected chi connectivity index (χ3v) is 2.48. The molecule has 0 aromatic heterocycles. The Kier molecular flexibility index (Phi) is 2.23. The second-order valence-corrected chi connectivity index (χ2v) is 3.42. The molecular weight excluding hydrogens is 195 g/mol. The standard InChI is InChI=1S/C12H9FO2/c1-2-7-3-4-8-9(5-7)12(15)10(13)6-11(8)14/h3-6H,2H2,1H3. The number of hydrogen-bond donors (Lipinski definition) is 0. The monoisotopic (exact) mass is 204 g/mol. The molecule has 0 atom stereocenters. The van der Waals surface area contributed by atoms with Crippen molar-refractivity contribution in [2.45, 2.75) is 13.3 Å². The molecule has 2 rings (SSSR count). The third kappa shape index (κ3) is 1.50. The highest BCUT2D eigenvalue weighted by atomic mass is 19.1. The summed E-state index contributed by atoms with van der Waals surface area (Å²) in [4.78, 5) is 22.8. The molecule has 0 spiro atoms. The van der Waals surface area contributed by atoms with Crippen molar-refractivity contribution in [3.63, 3.8) is 0 Å². The number of benzene rings is 1. The number of allylic oxidation sites excluding steroid dienone is 2. The van der Waals surface area contributed by atoms with Crippen molar-refractivity contribution in [1.82, 2.24) is 0 Å². The molecule has 15 heavy (non-hydrogen) atoms. The predicted molar refractivity (Wildman–Crippen MR) is 53.7 cm³/mol. The lowest BCUT2D eigenvalue weighted by Gasteiger charge is -2.11. The quantitative estimate of drug-likeness (QED) is 0.704. The van der Waals surface area contributed by atoms with Crippen LogP contribution in [-0.4, -0.2) is 11.6 Å². The summed E-state index contributed by atoms with van der Waals surface area (Å²) in [6.45, 7) is 1.93. The van der Waals surface area contributed by atoms with E-state index < -0.39 is 17.4 Å². The van der Waals surface area contributed by atoms with Gasteiger partial charge in [-0.05, 0) is 18.1 Å². The average molecular weight is 204 g/mol. The minimum atomic E-state index is -0.972. The molecular formula is C12H9FO2. The van der Waals surface area contributed by atoms with E-state index in [-0.39, 0.29) is 5.56 Å². The number of halogens is 1. The van der Waals surface area contributed by atoms with Gasteiger partial charge in [0, 0.05) is 17.2 Å². The van der Waals surface area contributed by atoms with Crippen molar-refractivity contribution in [3.8, 4) is 0 Å². The maximum atomic E-state index is 13.0. The summed E-state index contributed by atoms with van der Waals surface area (Å²) in [5.74, 6) is -2.11. The zero-order chi connectivity index (χ0) is 11.0. The zero-order valence-corrected chi connectivity index (χ0v) is 8.21. The zero-order valence-electron chi connectivity index (χ0n) is 8.21. The van der Waals surface area contributed by atoms with Crippen LogP contribution in [0.1, 0.15) is 33.2 Å². The largest absolute Gasteiger partial charge is 0.289 e. The Balaban J connectivity index is 2.62. The van der Waals surface area contributed by atoms with Crippen LogP contribution in [0, 0.1) is 0 Å². The Labute approximate surface area is 86.4 Å². The molecule has 0 aliphatic heterocycles. The molecule has 0 bridgehead atoms. The van der Waals surface area contributed by atoms with Crippen LogP contribution in [0.5, 0.6) is 0 Å². The molecule has 0 N–H and O–H groups in total. The lowest BCUT2D eigenvalue weighted by atomic mass is 9.92. The fourth-order valence-electron chi connectivity index (χ4n) is 1.60. The summed E-state index contributed by atoms with van der Waals surface area (Å²) in [7, 11) is 0. The Bertz CT molecular complexity index is 486. The molecule has 1 aliphatic rings. The van der Waals surface area contributed by atoms with Gasteiger partial charge in [-0.2, -0.15) is 0 Å². The number of ketones is 2. The molecule has 76 valence electrons. The minimum absolute atomic E-state index is 0.180. The number of fused-ring (bicyclic) bond motifs is 1. The summed E-state index contributed by atoms with van der Waals surface area (Å²) in [5, 5.41) is 0. The van der Waals surface area contributed by atoms with Gasteiger partial charge in [-0.25, -0.2) is 4.39 Å². The van der Waals surface area contributed by atoms with E-state index >= 15 is 0 Å². The van der Waals surface area contributed by atoms with Gasteiger partial charge in [0.2, 0.25) is 5.78 Å². The number of aryl methyl sites for hydroxylation is 1. The highest BCUT2D eigenvalue weighted by molar-refractivity contribution is 6.23. The summed E-state index contributed by atoms with van der Waals surface area (Å²) in [6.07, 6.45) is 1.50. The molecule has 0 unspecified atom stereocenters. The van der Waals surface area contributed by atoms with Gasteiger partial charge in [0.05, 0.1) is 0 Å². The van der Waals surface area contributed by atoms with E-state index in [9.17, 15) is 14.0 Å². The Morgan fingerprint density at radius 1 is 1.20 bits per heavy atom. The number of carbonyl (C=O) groups is 2. The number of carbonyl (C=O) groups excluding carboxylic acids is 2. The number of rotatable bonds is 1. The van der Waals surface area contributed by atoms with E-state index in [1.54, 1.807) is 18.2 Å². The first-order valence-electron chi connectivity index (χ1n) is 4.72. The first-order chi connectivity index (χ1) is 7.13. The molecule has 0 radical (unpaired) electrons. The van der Waals surface area contributed by atoms with E-state index in [0.717, 1.165) is 18.1 Å². The van der Waals surface area contributed by atoms with Crippen molar-refractivity contribution in [2.75, 3.05) is 0 Å². The van der Waals surface area contributed by atoms with Crippen molar-refractivity contribution in [3.05, 3.63) is 46.8 Å². The van der Waals surface area contributed by atoms with E-state index in [1.807, 2.05) is 6.92 Å². The molecule has 0 heterocycles. The van der Waals surface area contributed by atoms with Crippen LogP contribution in [0.25, 0.3) is 0 Å². The molecule has 0 saturated carbocycles. The second kappa shape index (κ2) is 3.42. The van der Waals surface area contributed by atoms with Crippen molar-refractivity contribution in [1.29, 1.82) is 0 Å². The average Bonchev–Trinajstić information content (AvgIpc) is 2.25. The van der Waals surface area contributed by atoms with Crippen molar-refractivity contribution in [2.24, 2.45) is 0 Å². The first-order valence-corrected chi connectivity index (χ1v) is 4.72. The normalized spacial score (nSPS) is 14.9. The molecule has 0 amide bonds. The van der Waals surface area contributed by atoms with Crippen LogP contribution in [0.2, 0.25) is 0 Å². The van der Waals surface area contributed by atoms with Gasteiger partial charge in [-0.3, -0.25) is 9.59 Å². The highest BCUT2D eigenvalue weighted by Gasteiger charge is 2.25. The van der Waals surface area contributed by atoms with Crippen LogP contribution in [0.15, 0.2) is 30.1 Å². The van der Waals surface area contributed by atoms with E-state index in [2.05, 4.69) is 0 Å². The van der Waals surface area contributed by atoms with E-state index in [4.69, 9.17) is 0 Å². The fourth-order valence-corrected chi connectivity index (χ4v) is 1.60. The fraction of sp³-hybridized carbons (Fsp3) is 0.167. The topological polar surface area (TPSA) is 34.1 Å².